The number of alkyl halides is 1. The Balaban J connectivity index is 1.56. The van der Waals surface area contributed by atoms with Crippen LogP contribution in [0.5, 0.6) is 0 Å². The van der Waals surface area contributed by atoms with Crippen molar-refractivity contribution in [2.24, 2.45) is 5.92 Å². The van der Waals surface area contributed by atoms with E-state index < -0.39 is 0 Å². The van der Waals surface area contributed by atoms with Crippen LogP contribution in [0.15, 0.2) is 60.7 Å². The standard InChI is InChI=1S/C24H26FN/c25-17-3-1-2-4-19-5-9-21(10-6-19)23-13-15-24(16-14-23)22-11-7-20(18-26)8-12-22/h2,4,7-8,11-16,19,21H,1,3,5-6,9-10,17H2/b4-2+/t19-,21-. The van der Waals surface area contributed by atoms with Gasteiger partial charge in [-0.05, 0) is 79.2 Å². The van der Waals surface area contributed by atoms with Gasteiger partial charge in [0.2, 0.25) is 0 Å². The van der Waals surface area contributed by atoms with Crippen molar-refractivity contribution in [3.63, 3.8) is 0 Å². The number of unbranched alkanes of at least 4 members (excludes halogenated alkanes) is 1. The first kappa shape index (κ1) is 18.4. The van der Waals surface area contributed by atoms with E-state index in [0.717, 1.165) is 12.0 Å². The van der Waals surface area contributed by atoms with Crippen molar-refractivity contribution < 1.29 is 4.39 Å². The SMILES string of the molecule is N#Cc1ccc(-c2ccc([C@H]3CC[C@H](/C=C/CCCF)CC3)cc2)cc1. The molecule has 0 spiro atoms. The third-order valence-corrected chi connectivity index (χ3v) is 5.41. The molecule has 0 saturated heterocycles. The molecule has 0 N–H and O–H groups in total. The van der Waals surface area contributed by atoms with Crippen LogP contribution in [-0.2, 0) is 0 Å². The Hall–Kier alpha value is -2.40. The maximum Gasteiger partial charge on any atom is 0.0991 e. The molecule has 0 aromatic heterocycles. The molecule has 134 valence electrons. The third kappa shape index (κ3) is 4.82. The first-order valence-corrected chi connectivity index (χ1v) is 9.63. The first-order chi connectivity index (χ1) is 12.8. The first-order valence-electron chi connectivity index (χ1n) is 9.63. The molecule has 0 unspecified atom stereocenters. The van der Waals surface area contributed by atoms with E-state index in [9.17, 15) is 4.39 Å². The average molecular weight is 347 g/mol. The monoisotopic (exact) mass is 347 g/mol. The van der Waals surface area contributed by atoms with E-state index in [4.69, 9.17) is 5.26 Å². The molecule has 0 bridgehead atoms. The molecule has 1 fully saturated rings. The van der Waals surface area contributed by atoms with Crippen molar-refractivity contribution in [2.75, 3.05) is 6.67 Å². The predicted molar refractivity (Wildman–Crippen MR) is 106 cm³/mol. The van der Waals surface area contributed by atoms with Gasteiger partial charge in [0.1, 0.15) is 0 Å². The highest BCUT2D eigenvalue weighted by atomic mass is 19.1. The summed E-state index contributed by atoms with van der Waals surface area (Å²) in [6.45, 7) is -0.213. The molecule has 0 amide bonds. The second-order valence-corrected chi connectivity index (χ2v) is 7.18. The van der Waals surface area contributed by atoms with Crippen LogP contribution in [0, 0.1) is 17.2 Å². The molecular formula is C24H26FN. The van der Waals surface area contributed by atoms with Crippen LogP contribution in [0.25, 0.3) is 11.1 Å². The molecule has 1 aliphatic carbocycles. The van der Waals surface area contributed by atoms with Gasteiger partial charge in [0, 0.05) is 0 Å². The largest absolute Gasteiger partial charge is 0.251 e. The van der Waals surface area contributed by atoms with Gasteiger partial charge in [-0.15, -0.1) is 0 Å². The number of nitrogens with zero attached hydrogens (tertiary/aromatic N) is 1. The van der Waals surface area contributed by atoms with Crippen molar-refractivity contribution >= 4 is 0 Å². The Morgan fingerprint density at radius 2 is 1.54 bits per heavy atom. The zero-order valence-corrected chi connectivity index (χ0v) is 15.2. The van der Waals surface area contributed by atoms with E-state index in [0.29, 0.717) is 23.8 Å². The number of hydrogen-bond acceptors (Lipinski definition) is 1. The Morgan fingerprint density at radius 3 is 2.12 bits per heavy atom. The van der Waals surface area contributed by atoms with E-state index in [2.05, 4.69) is 42.5 Å². The van der Waals surface area contributed by atoms with Crippen molar-refractivity contribution in [3.05, 3.63) is 71.8 Å². The summed E-state index contributed by atoms with van der Waals surface area (Å²) in [7, 11) is 0. The Bertz CT molecular complexity index is 744. The number of hydrogen-bond donors (Lipinski definition) is 0. The molecule has 1 aliphatic rings. The van der Waals surface area contributed by atoms with Crippen molar-refractivity contribution in [2.45, 2.75) is 44.4 Å². The van der Waals surface area contributed by atoms with Gasteiger partial charge < -0.3 is 0 Å². The minimum absolute atomic E-state index is 0.213. The molecule has 2 aromatic carbocycles. The summed E-state index contributed by atoms with van der Waals surface area (Å²) >= 11 is 0. The van der Waals surface area contributed by atoms with Gasteiger partial charge in [-0.2, -0.15) is 5.26 Å². The zero-order valence-electron chi connectivity index (χ0n) is 15.2. The number of benzene rings is 2. The van der Waals surface area contributed by atoms with Crippen LogP contribution in [-0.4, -0.2) is 6.67 Å². The fourth-order valence-corrected chi connectivity index (χ4v) is 3.81. The van der Waals surface area contributed by atoms with Gasteiger partial charge in [0.25, 0.3) is 0 Å². The van der Waals surface area contributed by atoms with Crippen molar-refractivity contribution in [1.29, 1.82) is 5.26 Å². The van der Waals surface area contributed by atoms with Gasteiger partial charge in [-0.25, -0.2) is 0 Å². The topological polar surface area (TPSA) is 23.8 Å². The maximum atomic E-state index is 12.1. The normalized spacial score (nSPS) is 20.2. The summed E-state index contributed by atoms with van der Waals surface area (Å²) in [5.74, 6) is 1.32. The molecule has 2 aromatic rings. The lowest BCUT2D eigenvalue weighted by atomic mass is 9.78. The summed E-state index contributed by atoms with van der Waals surface area (Å²) in [5.41, 5.74) is 4.48. The van der Waals surface area contributed by atoms with E-state index in [1.807, 2.05) is 24.3 Å². The fourth-order valence-electron chi connectivity index (χ4n) is 3.81. The van der Waals surface area contributed by atoms with E-state index in [-0.39, 0.29) is 6.67 Å². The smallest absolute Gasteiger partial charge is 0.0991 e. The predicted octanol–water partition coefficient (Wildman–Crippen LogP) is 6.80. The van der Waals surface area contributed by atoms with Crippen LogP contribution < -0.4 is 0 Å². The second-order valence-electron chi connectivity index (χ2n) is 7.18. The van der Waals surface area contributed by atoms with Gasteiger partial charge in [0.05, 0.1) is 18.3 Å². The molecule has 1 nitrogen and oxygen atoms in total. The lowest BCUT2D eigenvalue weighted by molar-refractivity contribution is 0.375. The Labute approximate surface area is 156 Å². The third-order valence-electron chi connectivity index (χ3n) is 5.41. The van der Waals surface area contributed by atoms with Gasteiger partial charge in [-0.1, -0.05) is 48.6 Å². The average Bonchev–Trinajstić information content (AvgIpc) is 2.72. The van der Waals surface area contributed by atoms with Gasteiger partial charge >= 0.3 is 0 Å². The number of halogens is 1. The van der Waals surface area contributed by atoms with Crippen molar-refractivity contribution in [1.82, 2.24) is 0 Å². The molecule has 0 atom stereocenters. The number of allylic oxidation sites excluding steroid dienone is 2. The van der Waals surface area contributed by atoms with Crippen LogP contribution in [0.2, 0.25) is 0 Å². The van der Waals surface area contributed by atoms with E-state index in [1.54, 1.807) is 0 Å². The minimum atomic E-state index is -0.213. The highest BCUT2D eigenvalue weighted by Crippen LogP contribution is 2.37. The van der Waals surface area contributed by atoms with Gasteiger partial charge in [0.15, 0.2) is 0 Å². The quantitative estimate of drug-likeness (QED) is 0.416. The van der Waals surface area contributed by atoms with Crippen LogP contribution in [0.4, 0.5) is 4.39 Å². The van der Waals surface area contributed by atoms with Crippen LogP contribution >= 0.6 is 0 Å². The fraction of sp³-hybridized carbons (Fsp3) is 0.375. The molecule has 1 saturated carbocycles. The second kappa shape index (κ2) is 9.34. The number of rotatable bonds is 6. The highest BCUT2D eigenvalue weighted by molar-refractivity contribution is 5.64. The lowest BCUT2D eigenvalue weighted by Crippen LogP contribution is -2.11. The van der Waals surface area contributed by atoms with Crippen molar-refractivity contribution in [3.8, 4) is 17.2 Å². The maximum absolute atomic E-state index is 12.1. The van der Waals surface area contributed by atoms with Crippen LogP contribution in [0.1, 0.15) is 55.6 Å². The van der Waals surface area contributed by atoms with E-state index in [1.165, 1.54) is 36.8 Å². The lowest BCUT2D eigenvalue weighted by Gasteiger charge is -2.27. The summed E-state index contributed by atoms with van der Waals surface area (Å²) in [6, 6.07) is 18.8. The zero-order chi connectivity index (χ0) is 18.2. The molecule has 0 radical (unpaired) electrons. The molecule has 26 heavy (non-hydrogen) atoms. The van der Waals surface area contributed by atoms with E-state index >= 15 is 0 Å². The highest BCUT2D eigenvalue weighted by Gasteiger charge is 2.20. The Kier molecular flexibility index (Phi) is 6.61. The molecule has 0 aliphatic heterocycles. The van der Waals surface area contributed by atoms with Gasteiger partial charge in [-0.3, -0.25) is 4.39 Å². The molecular weight excluding hydrogens is 321 g/mol. The van der Waals surface area contributed by atoms with Crippen LogP contribution in [0.3, 0.4) is 0 Å². The molecule has 0 heterocycles. The summed E-state index contributed by atoms with van der Waals surface area (Å²) in [5, 5.41) is 8.90. The summed E-state index contributed by atoms with van der Waals surface area (Å²) in [6.07, 6.45) is 10.9. The number of nitriles is 1. The molecule has 3 rings (SSSR count). The minimum Gasteiger partial charge on any atom is -0.251 e. The molecule has 2 heteroatoms. The summed E-state index contributed by atoms with van der Waals surface area (Å²) < 4.78 is 12.1. The Morgan fingerprint density at radius 1 is 0.923 bits per heavy atom. The summed E-state index contributed by atoms with van der Waals surface area (Å²) in [4.78, 5) is 0.